The number of carbonyl (C=O) groups excluding carboxylic acids is 2. The molecule has 0 aliphatic heterocycles. The Bertz CT molecular complexity index is 690. The zero-order chi connectivity index (χ0) is 17.4. The van der Waals surface area contributed by atoms with Gasteiger partial charge < -0.3 is 14.8 Å². The maximum absolute atomic E-state index is 11.9. The summed E-state index contributed by atoms with van der Waals surface area (Å²) in [6.07, 6.45) is -0.899. The van der Waals surface area contributed by atoms with E-state index in [2.05, 4.69) is 5.32 Å². The minimum absolute atomic E-state index is 0.295. The third-order valence-electron chi connectivity index (χ3n) is 3.14. The minimum atomic E-state index is -0.899. The number of hydrogen-bond acceptors (Lipinski definition) is 4. The van der Waals surface area contributed by atoms with Crippen molar-refractivity contribution in [1.82, 2.24) is 5.32 Å². The summed E-state index contributed by atoms with van der Waals surface area (Å²) in [5, 5.41) is 3.22. The van der Waals surface area contributed by atoms with Crippen LogP contribution in [0.4, 0.5) is 0 Å². The van der Waals surface area contributed by atoms with Crippen LogP contribution < -0.4 is 10.1 Å². The van der Waals surface area contributed by atoms with Crippen molar-refractivity contribution in [3.8, 4) is 5.75 Å². The second-order valence-corrected chi connectivity index (χ2v) is 5.52. The van der Waals surface area contributed by atoms with E-state index in [-0.39, 0.29) is 12.5 Å². The maximum Gasteiger partial charge on any atom is 0.344 e. The van der Waals surface area contributed by atoms with Crippen molar-refractivity contribution >= 4 is 23.5 Å². The van der Waals surface area contributed by atoms with Crippen LogP contribution in [0.15, 0.2) is 54.6 Å². The molecule has 126 valence electrons. The van der Waals surface area contributed by atoms with Crippen molar-refractivity contribution in [3.05, 3.63) is 65.2 Å². The molecule has 2 aromatic carbocycles. The highest BCUT2D eigenvalue weighted by Crippen LogP contribution is 2.17. The number of esters is 1. The molecular formula is C18H18ClNO4. The quantitative estimate of drug-likeness (QED) is 0.782. The van der Waals surface area contributed by atoms with Gasteiger partial charge in [-0.3, -0.25) is 4.79 Å². The summed E-state index contributed by atoms with van der Waals surface area (Å²) < 4.78 is 10.3. The van der Waals surface area contributed by atoms with Crippen LogP contribution in [-0.4, -0.2) is 24.6 Å². The molecule has 0 fully saturated rings. The zero-order valence-electron chi connectivity index (χ0n) is 13.2. The van der Waals surface area contributed by atoms with Gasteiger partial charge in [-0.05, 0) is 30.7 Å². The second-order valence-electron chi connectivity index (χ2n) is 5.08. The molecule has 0 radical (unpaired) electrons. The lowest BCUT2D eigenvalue weighted by Gasteiger charge is -2.14. The summed E-state index contributed by atoms with van der Waals surface area (Å²) in [6, 6.07) is 16.1. The number of benzene rings is 2. The van der Waals surface area contributed by atoms with Crippen molar-refractivity contribution in [2.45, 2.75) is 19.6 Å². The van der Waals surface area contributed by atoms with Gasteiger partial charge in [0.25, 0.3) is 5.91 Å². The molecule has 0 unspecified atom stereocenters. The first-order chi connectivity index (χ1) is 11.5. The van der Waals surface area contributed by atoms with E-state index in [1.54, 1.807) is 24.3 Å². The molecule has 0 bridgehead atoms. The molecule has 1 amide bonds. The van der Waals surface area contributed by atoms with Crippen molar-refractivity contribution in [2.24, 2.45) is 0 Å². The number of carbonyl (C=O) groups is 2. The summed E-state index contributed by atoms with van der Waals surface area (Å²) in [6.45, 7) is 1.59. The third kappa shape index (κ3) is 5.93. The van der Waals surface area contributed by atoms with E-state index >= 15 is 0 Å². The Labute approximate surface area is 145 Å². The molecule has 0 heterocycles. The lowest BCUT2D eigenvalue weighted by molar-refractivity contribution is -0.156. The normalized spacial score (nSPS) is 11.4. The fraction of sp³-hybridized carbons (Fsp3) is 0.222. The van der Waals surface area contributed by atoms with E-state index < -0.39 is 12.1 Å². The van der Waals surface area contributed by atoms with Crippen LogP contribution in [0.5, 0.6) is 5.75 Å². The highest BCUT2D eigenvalue weighted by atomic mass is 35.5. The molecule has 1 N–H and O–H groups in total. The van der Waals surface area contributed by atoms with Crippen molar-refractivity contribution < 1.29 is 19.1 Å². The van der Waals surface area contributed by atoms with Gasteiger partial charge in [-0.2, -0.15) is 0 Å². The van der Waals surface area contributed by atoms with Crippen LogP contribution in [0, 0.1) is 0 Å². The van der Waals surface area contributed by atoms with Gasteiger partial charge in [-0.15, -0.1) is 0 Å². The molecule has 0 saturated carbocycles. The van der Waals surface area contributed by atoms with Gasteiger partial charge in [0.05, 0.1) is 0 Å². The van der Waals surface area contributed by atoms with Crippen molar-refractivity contribution in [3.63, 3.8) is 0 Å². The van der Waals surface area contributed by atoms with Crippen LogP contribution >= 0.6 is 11.6 Å². The fourth-order valence-electron chi connectivity index (χ4n) is 1.91. The van der Waals surface area contributed by atoms with Crippen molar-refractivity contribution in [2.75, 3.05) is 6.61 Å². The van der Waals surface area contributed by atoms with Crippen LogP contribution in [0.25, 0.3) is 0 Å². The van der Waals surface area contributed by atoms with E-state index in [1.807, 2.05) is 30.3 Å². The first-order valence-corrected chi connectivity index (χ1v) is 7.82. The topological polar surface area (TPSA) is 64.6 Å². The lowest BCUT2D eigenvalue weighted by Crippen LogP contribution is -2.36. The van der Waals surface area contributed by atoms with Gasteiger partial charge in [-0.1, -0.05) is 48.0 Å². The number of rotatable bonds is 7. The number of nitrogens with one attached hydrogen (secondary N) is 1. The average Bonchev–Trinajstić information content (AvgIpc) is 2.59. The molecular weight excluding hydrogens is 330 g/mol. The Kier molecular flexibility index (Phi) is 6.63. The van der Waals surface area contributed by atoms with Crippen molar-refractivity contribution in [1.29, 1.82) is 0 Å². The molecule has 2 aromatic rings. The molecule has 2 rings (SSSR count). The predicted molar refractivity (Wildman–Crippen MR) is 90.8 cm³/mol. The average molecular weight is 348 g/mol. The molecule has 5 nitrogen and oxygen atoms in total. The Hall–Kier alpha value is -2.53. The fourth-order valence-corrected chi connectivity index (χ4v) is 2.09. The summed E-state index contributed by atoms with van der Waals surface area (Å²) in [5.41, 5.74) is 0.966. The van der Waals surface area contributed by atoms with E-state index in [0.717, 1.165) is 5.56 Å². The second kappa shape index (κ2) is 8.93. The predicted octanol–water partition coefficient (Wildman–Crippen LogP) is 2.97. The van der Waals surface area contributed by atoms with Gasteiger partial charge in [0.2, 0.25) is 0 Å². The molecule has 0 aliphatic carbocycles. The van der Waals surface area contributed by atoms with E-state index in [4.69, 9.17) is 21.1 Å². The highest BCUT2D eigenvalue weighted by molar-refractivity contribution is 6.30. The van der Waals surface area contributed by atoms with Gasteiger partial charge in [0.1, 0.15) is 5.75 Å². The van der Waals surface area contributed by atoms with Gasteiger partial charge in [0.15, 0.2) is 12.7 Å². The minimum Gasteiger partial charge on any atom is -0.482 e. The Balaban J connectivity index is 1.73. The van der Waals surface area contributed by atoms with Crippen LogP contribution in [-0.2, 0) is 20.9 Å². The highest BCUT2D eigenvalue weighted by Gasteiger charge is 2.17. The van der Waals surface area contributed by atoms with Gasteiger partial charge in [0, 0.05) is 11.6 Å². The number of ether oxygens (including phenoxy) is 2. The number of halogens is 1. The smallest absolute Gasteiger partial charge is 0.344 e. The molecule has 6 heteroatoms. The van der Waals surface area contributed by atoms with Crippen LogP contribution in [0.1, 0.15) is 12.5 Å². The number of amides is 1. The van der Waals surface area contributed by atoms with Gasteiger partial charge >= 0.3 is 5.97 Å². The Morgan fingerprint density at radius 2 is 1.88 bits per heavy atom. The molecule has 1 atom stereocenters. The van der Waals surface area contributed by atoms with E-state index in [9.17, 15) is 9.59 Å². The first kappa shape index (κ1) is 17.8. The molecule has 0 aromatic heterocycles. The molecule has 0 spiro atoms. The summed E-state index contributed by atoms with van der Waals surface area (Å²) in [4.78, 5) is 23.7. The Morgan fingerprint density at radius 1 is 1.12 bits per heavy atom. The summed E-state index contributed by atoms with van der Waals surface area (Å²) >= 11 is 5.82. The van der Waals surface area contributed by atoms with E-state index in [0.29, 0.717) is 17.3 Å². The maximum atomic E-state index is 11.9. The van der Waals surface area contributed by atoms with Gasteiger partial charge in [-0.25, -0.2) is 4.79 Å². The molecule has 0 aliphatic rings. The SMILES string of the molecule is C[C@@H](OC(=O)COc1cccc(Cl)c1)C(=O)NCc1ccccc1. The molecule has 24 heavy (non-hydrogen) atoms. The Morgan fingerprint density at radius 3 is 2.58 bits per heavy atom. The van der Waals surface area contributed by atoms with E-state index in [1.165, 1.54) is 6.92 Å². The summed E-state index contributed by atoms with van der Waals surface area (Å²) in [5.74, 6) is -0.534. The first-order valence-electron chi connectivity index (χ1n) is 7.44. The summed E-state index contributed by atoms with van der Waals surface area (Å²) in [7, 11) is 0. The largest absolute Gasteiger partial charge is 0.482 e. The van der Waals surface area contributed by atoms with Crippen LogP contribution in [0.3, 0.4) is 0 Å². The number of hydrogen-bond donors (Lipinski definition) is 1. The standard InChI is InChI=1S/C18H18ClNO4/c1-13(18(22)20-11-14-6-3-2-4-7-14)24-17(21)12-23-16-9-5-8-15(19)10-16/h2-10,13H,11-12H2,1H3,(H,20,22)/t13-/m1/s1. The molecule has 0 saturated heterocycles. The third-order valence-corrected chi connectivity index (χ3v) is 3.37. The van der Waals surface area contributed by atoms with Crippen LogP contribution in [0.2, 0.25) is 5.02 Å². The lowest BCUT2D eigenvalue weighted by atomic mass is 10.2. The zero-order valence-corrected chi connectivity index (χ0v) is 14.0. The monoisotopic (exact) mass is 347 g/mol.